The van der Waals surface area contributed by atoms with Crippen molar-refractivity contribution in [3.8, 4) is 0 Å². The van der Waals surface area contributed by atoms with Crippen LogP contribution in [0.25, 0.3) is 0 Å². The Hall–Kier alpha value is -0.820. The monoisotopic (exact) mass is 243 g/mol. The van der Waals surface area contributed by atoms with Crippen LogP contribution in [0.3, 0.4) is 0 Å². The second-order valence-electron chi connectivity index (χ2n) is 3.63. The molecule has 1 N–H and O–H groups in total. The zero-order valence-corrected chi connectivity index (χ0v) is 9.25. The van der Waals surface area contributed by atoms with E-state index in [4.69, 9.17) is 5.11 Å². The summed E-state index contributed by atoms with van der Waals surface area (Å²) >= 11 is 0. The Bertz CT molecular complexity index is 219. The molecule has 0 bridgehead atoms. The van der Waals surface area contributed by atoms with Crippen molar-refractivity contribution in [2.24, 2.45) is 0 Å². The van der Waals surface area contributed by atoms with Gasteiger partial charge in [-0.05, 0) is 13.8 Å². The number of carboxylic acids is 1. The van der Waals surface area contributed by atoms with Crippen LogP contribution in [0.2, 0.25) is 0 Å². The van der Waals surface area contributed by atoms with E-state index < -0.39 is 18.8 Å². The molecule has 0 saturated heterocycles. The highest BCUT2D eigenvalue weighted by Gasteiger charge is 2.27. The molecule has 0 spiro atoms. The van der Waals surface area contributed by atoms with Gasteiger partial charge in [0.05, 0.1) is 13.2 Å². The van der Waals surface area contributed by atoms with Gasteiger partial charge >= 0.3 is 12.1 Å². The molecule has 0 heterocycles. The summed E-state index contributed by atoms with van der Waals surface area (Å²) in [6.07, 6.45) is -4.34. The zero-order valence-electron chi connectivity index (χ0n) is 9.25. The largest absolute Gasteiger partial charge is 0.480 e. The molecule has 16 heavy (non-hydrogen) atoms. The first-order chi connectivity index (χ1) is 7.22. The van der Waals surface area contributed by atoms with E-state index in [2.05, 4.69) is 4.74 Å². The Balaban J connectivity index is 3.81. The Morgan fingerprint density at radius 3 is 2.38 bits per heavy atom. The van der Waals surface area contributed by atoms with Crippen LogP contribution in [0, 0.1) is 0 Å². The summed E-state index contributed by atoms with van der Waals surface area (Å²) in [5.41, 5.74) is 0. The maximum atomic E-state index is 11.7. The topological polar surface area (TPSA) is 49.8 Å². The van der Waals surface area contributed by atoms with Crippen LogP contribution >= 0.6 is 0 Å². The molecule has 0 saturated carbocycles. The van der Waals surface area contributed by atoms with Gasteiger partial charge in [0.25, 0.3) is 0 Å². The Morgan fingerprint density at radius 2 is 2.00 bits per heavy atom. The van der Waals surface area contributed by atoms with Crippen LogP contribution in [0.1, 0.15) is 13.8 Å². The van der Waals surface area contributed by atoms with Crippen LogP contribution in [0.4, 0.5) is 13.2 Å². The van der Waals surface area contributed by atoms with Crippen molar-refractivity contribution < 1.29 is 27.8 Å². The molecule has 96 valence electrons. The lowest BCUT2D eigenvalue weighted by Gasteiger charge is -2.24. The number of alkyl halides is 3. The maximum Gasteiger partial charge on any atom is 0.411 e. The Kier molecular flexibility index (Phi) is 6.35. The zero-order chi connectivity index (χ0) is 12.8. The van der Waals surface area contributed by atoms with Crippen molar-refractivity contribution in [3.63, 3.8) is 0 Å². The number of hydrogen-bond donors (Lipinski definition) is 1. The number of nitrogens with zero attached hydrogens (tertiary/aromatic N) is 1. The van der Waals surface area contributed by atoms with Crippen LogP contribution in [-0.4, -0.2) is 54.5 Å². The molecule has 0 rings (SSSR count). The molecular formula is C9H16F3NO3. The van der Waals surface area contributed by atoms with Gasteiger partial charge in [0.2, 0.25) is 0 Å². The second kappa shape index (κ2) is 6.70. The summed E-state index contributed by atoms with van der Waals surface area (Å²) < 4.78 is 39.5. The van der Waals surface area contributed by atoms with E-state index in [0.29, 0.717) is 0 Å². The standard InChI is InChI=1S/C9H16F3NO3/c1-7(2)13(5-8(14)15)3-4-16-6-9(10,11)12/h7H,3-6H2,1-2H3,(H,14,15). The van der Waals surface area contributed by atoms with Gasteiger partial charge in [-0.2, -0.15) is 13.2 Å². The van der Waals surface area contributed by atoms with Crippen LogP contribution < -0.4 is 0 Å². The molecule has 0 aliphatic carbocycles. The molecule has 0 aromatic rings. The maximum absolute atomic E-state index is 11.7. The van der Waals surface area contributed by atoms with E-state index in [1.165, 1.54) is 4.90 Å². The fourth-order valence-electron chi connectivity index (χ4n) is 1.06. The van der Waals surface area contributed by atoms with Gasteiger partial charge in [0.15, 0.2) is 0 Å². The fraction of sp³-hybridized carbons (Fsp3) is 0.889. The lowest BCUT2D eigenvalue weighted by atomic mass is 10.3. The molecule has 0 aliphatic rings. The third-order valence-electron chi connectivity index (χ3n) is 1.86. The van der Waals surface area contributed by atoms with Gasteiger partial charge in [0, 0.05) is 12.6 Å². The number of carbonyl (C=O) groups is 1. The SMILES string of the molecule is CC(C)N(CCOCC(F)(F)F)CC(=O)O. The van der Waals surface area contributed by atoms with Crippen molar-refractivity contribution in [2.75, 3.05) is 26.3 Å². The highest BCUT2D eigenvalue weighted by Crippen LogP contribution is 2.14. The van der Waals surface area contributed by atoms with E-state index >= 15 is 0 Å². The molecule has 0 amide bonds. The van der Waals surface area contributed by atoms with Gasteiger partial charge < -0.3 is 9.84 Å². The van der Waals surface area contributed by atoms with E-state index in [0.717, 1.165) is 0 Å². The van der Waals surface area contributed by atoms with E-state index in [9.17, 15) is 18.0 Å². The lowest BCUT2D eigenvalue weighted by Crippen LogP contribution is -2.38. The van der Waals surface area contributed by atoms with Crippen LogP contribution in [-0.2, 0) is 9.53 Å². The van der Waals surface area contributed by atoms with E-state index in [1.807, 2.05) is 0 Å². The lowest BCUT2D eigenvalue weighted by molar-refractivity contribution is -0.175. The van der Waals surface area contributed by atoms with Gasteiger partial charge in [0.1, 0.15) is 6.61 Å². The molecule has 7 heteroatoms. The summed E-state index contributed by atoms with van der Waals surface area (Å²) in [5.74, 6) is -1.01. The van der Waals surface area contributed by atoms with Crippen molar-refractivity contribution in [3.05, 3.63) is 0 Å². The molecule has 0 aliphatic heterocycles. The van der Waals surface area contributed by atoms with E-state index in [-0.39, 0.29) is 25.7 Å². The van der Waals surface area contributed by atoms with Crippen molar-refractivity contribution in [1.82, 2.24) is 4.90 Å². The smallest absolute Gasteiger partial charge is 0.411 e. The second-order valence-corrected chi connectivity index (χ2v) is 3.63. The Morgan fingerprint density at radius 1 is 1.44 bits per heavy atom. The van der Waals surface area contributed by atoms with Crippen LogP contribution in [0.5, 0.6) is 0 Å². The summed E-state index contributed by atoms with van der Waals surface area (Å²) in [4.78, 5) is 12.0. The van der Waals surface area contributed by atoms with Crippen LogP contribution in [0.15, 0.2) is 0 Å². The third kappa shape index (κ3) is 8.49. The van der Waals surface area contributed by atoms with Gasteiger partial charge in [-0.1, -0.05) is 0 Å². The summed E-state index contributed by atoms with van der Waals surface area (Å²) in [6, 6.07) is -0.0504. The third-order valence-corrected chi connectivity index (χ3v) is 1.86. The first kappa shape index (κ1) is 15.2. The molecule has 0 unspecified atom stereocenters. The first-order valence-corrected chi connectivity index (χ1v) is 4.82. The Labute approximate surface area is 92.0 Å². The highest BCUT2D eigenvalue weighted by atomic mass is 19.4. The molecular weight excluding hydrogens is 227 g/mol. The average molecular weight is 243 g/mol. The molecule has 0 atom stereocenters. The number of carboxylic acid groups (broad SMARTS) is 1. The van der Waals surface area contributed by atoms with Gasteiger partial charge in [-0.15, -0.1) is 0 Å². The predicted octanol–water partition coefficient (Wildman–Crippen LogP) is 1.36. The highest BCUT2D eigenvalue weighted by molar-refractivity contribution is 5.69. The normalized spacial score (nSPS) is 12.4. The molecule has 0 fully saturated rings. The van der Waals surface area contributed by atoms with E-state index in [1.54, 1.807) is 13.8 Å². The van der Waals surface area contributed by atoms with Gasteiger partial charge in [-0.25, -0.2) is 0 Å². The molecule has 0 aromatic carbocycles. The fourth-order valence-corrected chi connectivity index (χ4v) is 1.06. The minimum Gasteiger partial charge on any atom is -0.480 e. The number of ether oxygens (including phenoxy) is 1. The minimum absolute atomic E-state index is 0.0504. The average Bonchev–Trinajstić information content (AvgIpc) is 2.07. The predicted molar refractivity (Wildman–Crippen MR) is 51.2 cm³/mol. The van der Waals surface area contributed by atoms with Gasteiger partial charge in [-0.3, -0.25) is 9.69 Å². The summed E-state index contributed by atoms with van der Waals surface area (Å²) in [6.45, 7) is 2.07. The van der Waals surface area contributed by atoms with Crippen molar-refractivity contribution in [1.29, 1.82) is 0 Å². The minimum atomic E-state index is -4.34. The van der Waals surface area contributed by atoms with Crippen molar-refractivity contribution >= 4 is 5.97 Å². The number of halogens is 3. The summed E-state index contributed by atoms with van der Waals surface area (Å²) in [7, 11) is 0. The first-order valence-electron chi connectivity index (χ1n) is 4.82. The summed E-state index contributed by atoms with van der Waals surface area (Å²) in [5, 5.41) is 8.56. The number of rotatable bonds is 7. The molecule has 0 aromatic heterocycles. The quantitative estimate of drug-likeness (QED) is 0.686. The molecule has 0 radical (unpaired) electrons. The van der Waals surface area contributed by atoms with Crippen molar-refractivity contribution in [2.45, 2.75) is 26.1 Å². The number of hydrogen-bond acceptors (Lipinski definition) is 3. The number of aliphatic carboxylic acids is 1. The molecule has 4 nitrogen and oxygen atoms in total.